The van der Waals surface area contributed by atoms with E-state index in [1.807, 2.05) is 0 Å². The largest absolute Gasteiger partial charge is 0.323 e. The molecular weight excluding hydrogens is 156 g/mol. The molecule has 0 aromatic heterocycles. The van der Waals surface area contributed by atoms with E-state index in [4.69, 9.17) is 0 Å². The minimum atomic E-state index is -3.60. The molecule has 1 aliphatic rings. The topological polar surface area (TPSA) is 75.3 Å². The van der Waals surface area contributed by atoms with E-state index in [0.29, 0.717) is 5.70 Å². The van der Waals surface area contributed by atoms with Crippen LogP contribution < -0.4 is 9.44 Å². The fourth-order valence-corrected chi connectivity index (χ4v) is 1.48. The van der Waals surface area contributed by atoms with Crippen molar-refractivity contribution in [1.29, 1.82) is 0 Å². The molecule has 0 saturated heterocycles. The monoisotopic (exact) mass is 162 g/mol. The quantitative estimate of drug-likeness (QED) is 0.472. The van der Waals surface area contributed by atoms with Crippen molar-refractivity contribution >= 4 is 16.1 Å². The lowest BCUT2D eigenvalue weighted by molar-refractivity contribution is -0.115. The van der Waals surface area contributed by atoms with Crippen molar-refractivity contribution in [3.63, 3.8) is 0 Å². The van der Waals surface area contributed by atoms with Crippen molar-refractivity contribution in [3.8, 4) is 0 Å². The Morgan fingerprint density at radius 3 is 2.40 bits per heavy atom. The highest BCUT2D eigenvalue weighted by Gasteiger charge is 2.17. The van der Waals surface area contributed by atoms with Crippen LogP contribution in [0.15, 0.2) is 11.8 Å². The third-order valence-corrected chi connectivity index (χ3v) is 1.94. The highest BCUT2D eigenvalue weighted by Crippen LogP contribution is 1.95. The van der Waals surface area contributed by atoms with Gasteiger partial charge in [0.15, 0.2) is 0 Å². The molecule has 0 bridgehead atoms. The molecule has 1 rings (SSSR count). The van der Waals surface area contributed by atoms with Gasteiger partial charge in [0.1, 0.15) is 0 Å². The molecule has 1 aliphatic heterocycles. The van der Waals surface area contributed by atoms with Gasteiger partial charge in [-0.15, -0.1) is 0 Å². The summed E-state index contributed by atoms with van der Waals surface area (Å²) in [5.74, 6) is -0.615. The molecule has 0 aromatic rings. The SMILES string of the molecule is CC1=CC(=O)NS(=O)(=O)N1. The molecule has 2 N–H and O–H groups in total. The maximum atomic E-state index is 10.6. The van der Waals surface area contributed by atoms with Crippen LogP contribution in [0.3, 0.4) is 0 Å². The number of nitrogens with one attached hydrogen (secondary N) is 2. The summed E-state index contributed by atoms with van der Waals surface area (Å²) in [5, 5.41) is 0. The molecule has 1 heterocycles. The highest BCUT2D eigenvalue weighted by molar-refractivity contribution is 7.88. The zero-order chi connectivity index (χ0) is 7.78. The lowest BCUT2D eigenvalue weighted by Crippen LogP contribution is -2.42. The van der Waals surface area contributed by atoms with E-state index in [0.717, 1.165) is 0 Å². The van der Waals surface area contributed by atoms with Crippen LogP contribution in [0.2, 0.25) is 0 Å². The molecule has 6 heteroatoms. The maximum Gasteiger partial charge on any atom is 0.323 e. The number of hydrogen-bond acceptors (Lipinski definition) is 3. The molecule has 0 unspecified atom stereocenters. The zero-order valence-corrected chi connectivity index (χ0v) is 6.03. The molecule has 0 aliphatic carbocycles. The molecule has 1 amide bonds. The summed E-state index contributed by atoms with van der Waals surface area (Å²) in [5.41, 5.74) is 0.323. The average molecular weight is 162 g/mol. The van der Waals surface area contributed by atoms with Crippen molar-refractivity contribution in [2.75, 3.05) is 0 Å². The molecule has 0 fully saturated rings. The predicted octanol–water partition coefficient (Wildman–Crippen LogP) is -1.15. The minimum absolute atomic E-state index is 0.323. The first-order chi connectivity index (χ1) is 4.49. The summed E-state index contributed by atoms with van der Waals surface area (Å²) in [6.07, 6.45) is 1.17. The molecular formula is C4H6N2O3S. The number of carbonyl (C=O) groups is 1. The Labute approximate surface area is 58.3 Å². The lowest BCUT2D eigenvalue weighted by atomic mass is 10.4. The standard InChI is InChI=1S/C4H6N2O3S/c1-3-2-4(7)6-10(8,9)5-3/h2,5H,1H3,(H,6,7). The smallest absolute Gasteiger partial charge is 0.271 e. The molecule has 10 heavy (non-hydrogen) atoms. The summed E-state index contributed by atoms with van der Waals surface area (Å²) in [6.45, 7) is 1.50. The molecule has 56 valence electrons. The van der Waals surface area contributed by atoms with E-state index in [1.54, 1.807) is 4.72 Å². The zero-order valence-electron chi connectivity index (χ0n) is 5.21. The van der Waals surface area contributed by atoms with Crippen LogP contribution in [-0.4, -0.2) is 14.3 Å². The van der Waals surface area contributed by atoms with Gasteiger partial charge in [-0.3, -0.25) is 9.52 Å². The van der Waals surface area contributed by atoms with E-state index < -0.39 is 16.1 Å². The Hall–Kier alpha value is -1.04. The van der Waals surface area contributed by atoms with Gasteiger partial charge < -0.3 is 0 Å². The van der Waals surface area contributed by atoms with Crippen LogP contribution in [0.4, 0.5) is 0 Å². The van der Waals surface area contributed by atoms with Crippen LogP contribution in [0.25, 0.3) is 0 Å². The fraction of sp³-hybridized carbons (Fsp3) is 0.250. The third kappa shape index (κ3) is 1.47. The van der Waals surface area contributed by atoms with Gasteiger partial charge in [-0.2, -0.15) is 8.42 Å². The summed E-state index contributed by atoms with van der Waals surface area (Å²) in [7, 11) is -3.60. The summed E-state index contributed by atoms with van der Waals surface area (Å²) >= 11 is 0. The molecule has 0 radical (unpaired) electrons. The maximum absolute atomic E-state index is 10.6. The van der Waals surface area contributed by atoms with Gasteiger partial charge in [0, 0.05) is 11.8 Å². The molecule has 0 spiro atoms. The van der Waals surface area contributed by atoms with Crippen molar-refractivity contribution in [2.45, 2.75) is 6.92 Å². The van der Waals surface area contributed by atoms with Crippen LogP contribution in [0.1, 0.15) is 6.92 Å². The van der Waals surface area contributed by atoms with Crippen molar-refractivity contribution in [2.24, 2.45) is 0 Å². The van der Waals surface area contributed by atoms with Crippen LogP contribution in [0, 0.1) is 0 Å². The molecule has 5 nitrogen and oxygen atoms in total. The highest BCUT2D eigenvalue weighted by atomic mass is 32.2. The Balaban J connectivity index is 3.02. The third-order valence-electron chi connectivity index (χ3n) is 0.878. The second-order valence-electron chi connectivity index (χ2n) is 1.90. The van der Waals surface area contributed by atoms with Gasteiger partial charge in [0.25, 0.3) is 5.91 Å². The lowest BCUT2D eigenvalue weighted by Gasteiger charge is -2.12. The van der Waals surface area contributed by atoms with Crippen LogP contribution >= 0.6 is 0 Å². The van der Waals surface area contributed by atoms with Crippen molar-refractivity contribution < 1.29 is 13.2 Å². The second-order valence-corrected chi connectivity index (χ2v) is 3.31. The molecule has 0 saturated carbocycles. The van der Waals surface area contributed by atoms with Gasteiger partial charge in [-0.05, 0) is 6.92 Å². The summed E-state index contributed by atoms with van der Waals surface area (Å²) in [4.78, 5) is 10.5. The number of rotatable bonds is 0. The first kappa shape index (κ1) is 7.07. The number of allylic oxidation sites excluding steroid dienone is 1. The number of carbonyl (C=O) groups excluding carboxylic acids is 1. The first-order valence-electron chi connectivity index (χ1n) is 2.52. The van der Waals surface area contributed by atoms with E-state index in [9.17, 15) is 13.2 Å². The normalized spacial score (nSPS) is 22.5. The number of amides is 1. The molecule has 0 aromatic carbocycles. The Bertz CT molecular complexity index is 290. The Kier molecular flexibility index (Phi) is 1.40. The fourth-order valence-electron chi connectivity index (χ4n) is 0.625. The van der Waals surface area contributed by atoms with Crippen LogP contribution in [0.5, 0.6) is 0 Å². The summed E-state index contributed by atoms with van der Waals surface area (Å²) in [6, 6.07) is 0. The van der Waals surface area contributed by atoms with Gasteiger partial charge >= 0.3 is 10.2 Å². The second kappa shape index (κ2) is 1.98. The Morgan fingerprint density at radius 1 is 1.40 bits per heavy atom. The van der Waals surface area contributed by atoms with Gasteiger partial charge in [0.2, 0.25) is 0 Å². The minimum Gasteiger partial charge on any atom is -0.271 e. The van der Waals surface area contributed by atoms with Gasteiger partial charge in [-0.25, -0.2) is 4.72 Å². The predicted molar refractivity (Wildman–Crippen MR) is 34.0 cm³/mol. The molecule has 0 atom stereocenters. The van der Waals surface area contributed by atoms with Gasteiger partial charge in [-0.1, -0.05) is 0 Å². The summed E-state index contributed by atoms with van der Waals surface area (Å²) < 4.78 is 25.0. The van der Waals surface area contributed by atoms with E-state index in [2.05, 4.69) is 4.72 Å². The van der Waals surface area contributed by atoms with E-state index in [1.165, 1.54) is 13.0 Å². The van der Waals surface area contributed by atoms with E-state index in [-0.39, 0.29) is 0 Å². The van der Waals surface area contributed by atoms with Gasteiger partial charge in [0.05, 0.1) is 0 Å². The Morgan fingerprint density at radius 2 is 2.00 bits per heavy atom. The average Bonchev–Trinajstić information content (AvgIpc) is 1.54. The van der Waals surface area contributed by atoms with Crippen LogP contribution in [-0.2, 0) is 15.0 Å². The van der Waals surface area contributed by atoms with E-state index >= 15 is 0 Å². The van der Waals surface area contributed by atoms with Crippen molar-refractivity contribution in [3.05, 3.63) is 11.8 Å². The number of hydrogen-bond donors (Lipinski definition) is 2. The van der Waals surface area contributed by atoms with Crippen molar-refractivity contribution in [1.82, 2.24) is 9.44 Å². The first-order valence-corrected chi connectivity index (χ1v) is 4.01.